The number of amides is 1. The van der Waals surface area contributed by atoms with E-state index in [2.05, 4.69) is 15.3 Å². The van der Waals surface area contributed by atoms with Crippen LogP contribution in [0.3, 0.4) is 0 Å². The van der Waals surface area contributed by atoms with Gasteiger partial charge < -0.3 is 10.3 Å². The largest absolute Gasteiger partial charge is 0.325 e. The highest BCUT2D eigenvalue weighted by Gasteiger charge is 2.14. The van der Waals surface area contributed by atoms with Crippen LogP contribution in [-0.2, 0) is 4.79 Å². The molecular formula is C20H15ClN4O2S3. The lowest BCUT2D eigenvalue weighted by molar-refractivity contribution is -0.113. The van der Waals surface area contributed by atoms with Crippen molar-refractivity contribution in [3.63, 3.8) is 0 Å². The standard InChI is InChI=1S/C20H15ClN4O2S3/c1-11-7-8-12(9-14(11)21)22-15(26)10-29-19-23-17-16(18(27)24-19)30-20(28)25(17)13-5-3-2-4-6-13/h2-9H,10H2,1H3,(H,22,26)(H,23,24,27). The molecule has 0 saturated carbocycles. The fourth-order valence-corrected chi connectivity index (χ4v) is 4.88. The van der Waals surface area contributed by atoms with E-state index in [1.807, 2.05) is 43.3 Å². The van der Waals surface area contributed by atoms with Gasteiger partial charge in [0.15, 0.2) is 14.8 Å². The number of aromatic nitrogens is 3. The zero-order valence-corrected chi connectivity index (χ0v) is 18.8. The number of benzene rings is 2. The Bertz CT molecular complexity index is 1360. The normalized spacial score (nSPS) is 11.0. The number of fused-ring (bicyclic) bond motifs is 1. The summed E-state index contributed by atoms with van der Waals surface area (Å²) >= 11 is 13.9. The summed E-state index contributed by atoms with van der Waals surface area (Å²) < 4.78 is 2.75. The molecule has 0 fully saturated rings. The zero-order valence-electron chi connectivity index (χ0n) is 15.6. The molecule has 0 radical (unpaired) electrons. The Balaban J connectivity index is 1.57. The summed E-state index contributed by atoms with van der Waals surface area (Å²) in [6, 6.07) is 14.8. The van der Waals surface area contributed by atoms with Crippen LogP contribution in [0.4, 0.5) is 5.69 Å². The van der Waals surface area contributed by atoms with Crippen LogP contribution in [0.15, 0.2) is 58.5 Å². The minimum absolute atomic E-state index is 0.0795. The van der Waals surface area contributed by atoms with Gasteiger partial charge in [0.25, 0.3) is 5.56 Å². The van der Waals surface area contributed by atoms with Crippen molar-refractivity contribution in [3.05, 3.63) is 73.4 Å². The van der Waals surface area contributed by atoms with Gasteiger partial charge in [-0.25, -0.2) is 4.98 Å². The number of thiazole rings is 1. The van der Waals surface area contributed by atoms with Gasteiger partial charge in [0.1, 0.15) is 4.70 Å². The van der Waals surface area contributed by atoms with E-state index in [1.165, 1.54) is 11.3 Å². The molecule has 1 amide bonds. The molecule has 4 rings (SSSR count). The number of carbonyl (C=O) groups is 1. The van der Waals surface area contributed by atoms with Crippen LogP contribution < -0.4 is 10.9 Å². The van der Waals surface area contributed by atoms with E-state index in [0.29, 0.717) is 30.2 Å². The summed E-state index contributed by atoms with van der Waals surface area (Å²) in [5.41, 5.74) is 2.58. The molecule has 0 atom stereocenters. The highest BCUT2D eigenvalue weighted by Crippen LogP contribution is 2.25. The van der Waals surface area contributed by atoms with Gasteiger partial charge in [-0.05, 0) is 49.0 Å². The number of hydrogen-bond donors (Lipinski definition) is 2. The molecule has 2 heterocycles. The maximum atomic E-state index is 12.5. The molecule has 0 unspecified atom stereocenters. The average molecular weight is 475 g/mol. The van der Waals surface area contributed by atoms with E-state index < -0.39 is 0 Å². The number of nitrogens with one attached hydrogen (secondary N) is 2. The Morgan fingerprint density at radius 3 is 2.80 bits per heavy atom. The van der Waals surface area contributed by atoms with E-state index in [-0.39, 0.29) is 17.2 Å². The molecule has 2 N–H and O–H groups in total. The van der Waals surface area contributed by atoms with Gasteiger partial charge in [0.05, 0.1) is 5.75 Å². The molecule has 0 spiro atoms. The number of thioether (sulfide) groups is 1. The van der Waals surface area contributed by atoms with E-state index in [1.54, 1.807) is 16.7 Å². The van der Waals surface area contributed by atoms with E-state index in [0.717, 1.165) is 23.0 Å². The summed E-state index contributed by atoms with van der Waals surface area (Å²) in [6.07, 6.45) is 0. The minimum Gasteiger partial charge on any atom is -0.325 e. The summed E-state index contributed by atoms with van der Waals surface area (Å²) in [5, 5.41) is 3.72. The van der Waals surface area contributed by atoms with Crippen LogP contribution in [-0.4, -0.2) is 26.2 Å². The molecule has 2 aromatic heterocycles. The van der Waals surface area contributed by atoms with Crippen molar-refractivity contribution in [3.8, 4) is 5.69 Å². The lowest BCUT2D eigenvalue weighted by Gasteiger charge is -2.07. The van der Waals surface area contributed by atoms with Crippen molar-refractivity contribution in [1.29, 1.82) is 0 Å². The molecule has 0 aliphatic rings. The number of H-pyrrole nitrogens is 1. The summed E-state index contributed by atoms with van der Waals surface area (Å²) in [4.78, 5) is 32.1. The maximum Gasteiger partial charge on any atom is 0.271 e. The quantitative estimate of drug-likeness (QED) is 0.236. The second-order valence-electron chi connectivity index (χ2n) is 6.36. The first-order valence-electron chi connectivity index (χ1n) is 8.82. The number of aromatic amines is 1. The van der Waals surface area contributed by atoms with Gasteiger partial charge in [-0.3, -0.25) is 14.2 Å². The van der Waals surface area contributed by atoms with Crippen molar-refractivity contribution < 1.29 is 4.79 Å². The van der Waals surface area contributed by atoms with Gasteiger partial charge in [-0.2, -0.15) is 0 Å². The van der Waals surface area contributed by atoms with E-state index in [4.69, 9.17) is 23.8 Å². The molecule has 0 bridgehead atoms. The van der Waals surface area contributed by atoms with Crippen LogP contribution >= 0.6 is 46.9 Å². The summed E-state index contributed by atoms with van der Waals surface area (Å²) in [7, 11) is 0. The van der Waals surface area contributed by atoms with Crippen molar-refractivity contribution in [2.75, 3.05) is 11.1 Å². The maximum absolute atomic E-state index is 12.5. The van der Waals surface area contributed by atoms with Gasteiger partial charge in [-0.15, -0.1) is 0 Å². The lowest BCUT2D eigenvalue weighted by Crippen LogP contribution is -2.15. The van der Waals surface area contributed by atoms with Crippen LogP contribution in [0.25, 0.3) is 16.0 Å². The number of hydrogen-bond acceptors (Lipinski definition) is 6. The topological polar surface area (TPSA) is 79.8 Å². The first kappa shape index (κ1) is 20.8. The van der Waals surface area contributed by atoms with Crippen molar-refractivity contribution >= 4 is 68.9 Å². The van der Waals surface area contributed by atoms with E-state index in [9.17, 15) is 9.59 Å². The third-order valence-electron chi connectivity index (χ3n) is 4.23. The molecule has 2 aromatic carbocycles. The highest BCUT2D eigenvalue weighted by atomic mass is 35.5. The molecule has 0 saturated heterocycles. The predicted molar refractivity (Wildman–Crippen MR) is 126 cm³/mol. The Labute approximate surface area is 189 Å². The Kier molecular flexibility index (Phi) is 6.05. The third kappa shape index (κ3) is 4.34. The number of nitrogens with zero attached hydrogens (tertiary/aromatic N) is 2. The number of rotatable bonds is 5. The fourth-order valence-electron chi connectivity index (χ4n) is 2.77. The van der Waals surface area contributed by atoms with E-state index >= 15 is 0 Å². The molecule has 152 valence electrons. The summed E-state index contributed by atoms with van der Waals surface area (Å²) in [6.45, 7) is 1.89. The zero-order chi connectivity index (χ0) is 21.3. The van der Waals surface area contributed by atoms with Crippen LogP contribution in [0.2, 0.25) is 5.02 Å². The first-order valence-corrected chi connectivity index (χ1v) is 11.4. The van der Waals surface area contributed by atoms with Crippen LogP contribution in [0.5, 0.6) is 0 Å². The molecule has 0 aliphatic heterocycles. The smallest absolute Gasteiger partial charge is 0.271 e. The Morgan fingerprint density at radius 1 is 1.30 bits per heavy atom. The van der Waals surface area contributed by atoms with Gasteiger partial charge in [-0.1, -0.05) is 59.0 Å². The summed E-state index contributed by atoms with van der Waals surface area (Å²) in [5.74, 6) is -0.149. The van der Waals surface area contributed by atoms with Gasteiger partial charge in [0.2, 0.25) is 5.91 Å². The molecule has 30 heavy (non-hydrogen) atoms. The Morgan fingerprint density at radius 2 is 2.07 bits per heavy atom. The number of para-hydroxylation sites is 1. The molecule has 6 nitrogen and oxygen atoms in total. The predicted octanol–water partition coefficient (Wildman–Crippen LogP) is 5.20. The first-order chi connectivity index (χ1) is 14.4. The third-order valence-corrected chi connectivity index (χ3v) is 6.87. The number of aryl methyl sites for hydroxylation is 1. The number of halogens is 1. The average Bonchev–Trinajstić information content (AvgIpc) is 3.06. The van der Waals surface area contributed by atoms with Crippen LogP contribution in [0.1, 0.15) is 5.56 Å². The van der Waals surface area contributed by atoms with Crippen molar-refractivity contribution in [2.24, 2.45) is 0 Å². The van der Waals surface area contributed by atoms with Gasteiger partial charge in [0, 0.05) is 16.4 Å². The minimum atomic E-state index is -0.279. The SMILES string of the molecule is Cc1ccc(NC(=O)CSc2nc3c(sc(=S)n3-c3ccccc3)c(=O)[nH]2)cc1Cl. The molecule has 4 aromatic rings. The highest BCUT2D eigenvalue weighted by molar-refractivity contribution is 7.99. The fraction of sp³-hybridized carbons (Fsp3) is 0.100. The Hall–Kier alpha value is -2.46. The molecule has 10 heteroatoms. The number of anilines is 1. The second kappa shape index (κ2) is 8.73. The van der Waals surface area contributed by atoms with Crippen LogP contribution in [0, 0.1) is 10.9 Å². The monoisotopic (exact) mass is 474 g/mol. The van der Waals surface area contributed by atoms with Crippen molar-refractivity contribution in [2.45, 2.75) is 12.1 Å². The van der Waals surface area contributed by atoms with Crippen molar-refractivity contribution in [1.82, 2.24) is 14.5 Å². The molecular weight excluding hydrogens is 460 g/mol. The second-order valence-corrected chi connectivity index (χ2v) is 9.38. The number of carbonyl (C=O) groups excluding carboxylic acids is 1. The van der Waals surface area contributed by atoms with Gasteiger partial charge >= 0.3 is 0 Å². The lowest BCUT2D eigenvalue weighted by atomic mass is 10.2. The molecule has 0 aliphatic carbocycles.